The van der Waals surface area contributed by atoms with Crippen LogP contribution in [0.3, 0.4) is 0 Å². The van der Waals surface area contributed by atoms with E-state index in [4.69, 9.17) is 13.9 Å². The predicted octanol–water partition coefficient (Wildman–Crippen LogP) is 5.43. The van der Waals surface area contributed by atoms with Crippen LogP contribution in [0.25, 0.3) is 27.5 Å². The summed E-state index contributed by atoms with van der Waals surface area (Å²) in [6, 6.07) is 24.4. The lowest BCUT2D eigenvalue weighted by atomic mass is 10.1. The summed E-state index contributed by atoms with van der Waals surface area (Å²) in [7, 11) is -0.257. The van der Waals surface area contributed by atoms with Gasteiger partial charge in [-0.3, -0.25) is 9.52 Å². The molecule has 41 heavy (non-hydrogen) atoms. The average molecular weight is 571 g/mol. The first-order chi connectivity index (χ1) is 19.7. The maximum atomic E-state index is 13.5. The van der Waals surface area contributed by atoms with E-state index in [0.29, 0.717) is 11.8 Å². The van der Waals surface area contributed by atoms with Crippen molar-refractivity contribution in [2.45, 2.75) is 17.6 Å². The van der Waals surface area contributed by atoms with Crippen molar-refractivity contribution in [3.63, 3.8) is 0 Å². The zero-order chi connectivity index (χ0) is 28.7. The van der Waals surface area contributed by atoms with E-state index in [0.717, 1.165) is 16.6 Å². The molecule has 9 nitrogen and oxygen atoms in total. The number of nitrogens with one attached hydrogen (secondary N) is 1. The quantitative estimate of drug-likeness (QED) is 0.266. The summed E-state index contributed by atoms with van der Waals surface area (Å²) in [5.41, 5.74) is 1.42. The molecule has 208 valence electrons. The van der Waals surface area contributed by atoms with Gasteiger partial charge in [0.15, 0.2) is 0 Å². The van der Waals surface area contributed by atoms with Gasteiger partial charge in [0.05, 0.1) is 10.3 Å². The number of rotatable bonds is 7. The minimum atomic E-state index is -4.04. The monoisotopic (exact) mass is 570 g/mol. The van der Waals surface area contributed by atoms with Gasteiger partial charge in [0.25, 0.3) is 10.0 Å². The van der Waals surface area contributed by atoms with Crippen LogP contribution >= 0.6 is 0 Å². The molecule has 1 aromatic heterocycles. The molecule has 0 fully saturated rings. The minimum Gasteiger partial charge on any atom is -0.501 e. The molecule has 0 saturated heterocycles. The Bertz CT molecular complexity index is 1980. The lowest BCUT2D eigenvalue weighted by Crippen LogP contribution is -2.15. The highest BCUT2D eigenvalue weighted by molar-refractivity contribution is 7.93. The molecule has 6 rings (SSSR count). The summed E-state index contributed by atoms with van der Waals surface area (Å²) >= 11 is 0. The molecule has 1 aliphatic rings. The Morgan fingerprint density at radius 2 is 1.66 bits per heavy atom. The second-order valence-corrected chi connectivity index (χ2v) is 11.5. The minimum absolute atomic E-state index is 0.000357. The van der Waals surface area contributed by atoms with Crippen molar-refractivity contribution in [3.8, 4) is 5.75 Å². The van der Waals surface area contributed by atoms with Crippen LogP contribution in [0, 0.1) is 0 Å². The summed E-state index contributed by atoms with van der Waals surface area (Å²) in [6.45, 7) is 0. The van der Waals surface area contributed by atoms with Crippen molar-refractivity contribution in [3.05, 3.63) is 113 Å². The zero-order valence-corrected chi connectivity index (χ0v) is 23.0. The molecule has 0 radical (unpaired) electrons. The third-order valence-corrected chi connectivity index (χ3v) is 8.24. The van der Waals surface area contributed by atoms with Crippen LogP contribution in [0.15, 0.2) is 105 Å². The Morgan fingerprint density at radius 1 is 0.902 bits per heavy atom. The number of aromatic hydroxyl groups is 1. The SMILES string of the molecule is CN(C)c1cccc2c(S(=O)(=O)Nc3ccc4oc(C5=COC(Cc6ccccc6)O5)c(O)c(=O)c4c3)cccc12. The van der Waals surface area contributed by atoms with Crippen molar-refractivity contribution >= 4 is 48.9 Å². The molecule has 4 aromatic carbocycles. The summed E-state index contributed by atoms with van der Waals surface area (Å²) in [6.07, 6.45) is 1.11. The molecule has 0 aliphatic carbocycles. The van der Waals surface area contributed by atoms with E-state index in [1.54, 1.807) is 18.2 Å². The highest BCUT2D eigenvalue weighted by Crippen LogP contribution is 2.34. The van der Waals surface area contributed by atoms with Crippen molar-refractivity contribution in [2.24, 2.45) is 0 Å². The van der Waals surface area contributed by atoms with Gasteiger partial charge in [-0.1, -0.05) is 54.6 Å². The van der Waals surface area contributed by atoms with Gasteiger partial charge in [-0.25, -0.2) is 8.42 Å². The fourth-order valence-electron chi connectivity index (χ4n) is 4.85. The number of hydrogen-bond acceptors (Lipinski definition) is 8. The smallest absolute Gasteiger partial charge is 0.262 e. The van der Waals surface area contributed by atoms with Crippen LogP contribution in [0.4, 0.5) is 11.4 Å². The lowest BCUT2D eigenvalue weighted by molar-refractivity contribution is -0.0145. The van der Waals surface area contributed by atoms with E-state index in [9.17, 15) is 18.3 Å². The summed E-state index contributed by atoms with van der Waals surface area (Å²) in [5, 5.41) is 12.0. The topological polar surface area (TPSA) is 118 Å². The molecule has 2 heterocycles. The van der Waals surface area contributed by atoms with Gasteiger partial charge < -0.3 is 23.9 Å². The maximum absolute atomic E-state index is 13.5. The van der Waals surface area contributed by atoms with Gasteiger partial charge in [0.1, 0.15) is 11.8 Å². The Kier molecular flexibility index (Phi) is 6.55. The summed E-state index contributed by atoms with van der Waals surface area (Å²) in [5.74, 6) is -0.753. The van der Waals surface area contributed by atoms with E-state index >= 15 is 0 Å². The number of ether oxygens (including phenoxy) is 2. The molecule has 5 aromatic rings. The highest BCUT2D eigenvalue weighted by Gasteiger charge is 2.27. The van der Waals surface area contributed by atoms with Gasteiger partial charge in [-0.15, -0.1) is 0 Å². The van der Waals surface area contributed by atoms with Crippen molar-refractivity contribution in [1.82, 2.24) is 0 Å². The van der Waals surface area contributed by atoms with E-state index in [1.807, 2.05) is 61.5 Å². The number of hydrogen-bond donors (Lipinski definition) is 2. The summed E-state index contributed by atoms with van der Waals surface area (Å²) in [4.78, 5) is 15.1. The van der Waals surface area contributed by atoms with Crippen LogP contribution in [0.1, 0.15) is 11.3 Å². The second-order valence-electron chi connectivity index (χ2n) is 9.80. The first kappa shape index (κ1) is 26.3. The molecule has 10 heteroatoms. The van der Waals surface area contributed by atoms with Crippen LogP contribution in [-0.2, 0) is 25.9 Å². The predicted molar refractivity (Wildman–Crippen MR) is 157 cm³/mol. The van der Waals surface area contributed by atoms with Gasteiger partial charge in [-0.05, 0) is 35.9 Å². The van der Waals surface area contributed by atoms with Gasteiger partial charge in [0.2, 0.25) is 29.0 Å². The first-order valence-corrected chi connectivity index (χ1v) is 14.3. The fraction of sp³-hybridized carbons (Fsp3) is 0.129. The van der Waals surface area contributed by atoms with E-state index in [2.05, 4.69) is 4.72 Å². The van der Waals surface area contributed by atoms with Crippen LogP contribution in [0.2, 0.25) is 0 Å². The first-order valence-electron chi connectivity index (χ1n) is 12.8. The Balaban J connectivity index is 1.29. The molecule has 0 saturated carbocycles. The van der Waals surface area contributed by atoms with Gasteiger partial charge >= 0.3 is 0 Å². The van der Waals surface area contributed by atoms with Gasteiger partial charge in [0, 0.05) is 42.7 Å². The second kappa shape index (κ2) is 10.2. The zero-order valence-electron chi connectivity index (χ0n) is 22.2. The molecule has 0 bridgehead atoms. The number of sulfonamides is 1. The van der Waals surface area contributed by atoms with Crippen LogP contribution in [0.5, 0.6) is 5.75 Å². The molecule has 1 aliphatic heterocycles. The van der Waals surface area contributed by atoms with Crippen LogP contribution < -0.4 is 15.1 Å². The normalized spacial score (nSPS) is 14.9. The fourth-order valence-corrected chi connectivity index (χ4v) is 6.13. The molecular weight excluding hydrogens is 544 g/mol. The molecule has 1 atom stereocenters. The number of fused-ring (bicyclic) bond motifs is 2. The maximum Gasteiger partial charge on any atom is 0.262 e. The third-order valence-electron chi connectivity index (χ3n) is 6.80. The molecular formula is C31H26N2O7S. The standard InChI is InChI=1S/C31H26N2O7S/c1-33(2)24-12-6-11-22-21(24)10-7-13-27(22)41(36,37)32-20-14-15-25-23(17-20)29(34)30(35)31(40-25)26-18-38-28(39-26)16-19-8-4-3-5-9-19/h3-15,17-18,28,32,35H,16H2,1-2H3. The summed E-state index contributed by atoms with van der Waals surface area (Å²) < 4.78 is 46.6. The molecule has 2 N–H and O–H groups in total. The van der Waals surface area contributed by atoms with E-state index in [1.165, 1.54) is 30.5 Å². The van der Waals surface area contributed by atoms with Crippen molar-refractivity contribution in [2.75, 3.05) is 23.7 Å². The average Bonchev–Trinajstić information content (AvgIpc) is 3.42. The molecule has 0 amide bonds. The Labute approximate surface area is 235 Å². The number of anilines is 2. The van der Waals surface area contributed by atoms with Crippen LogP contribution in [-0.4, -0.2) is 33.9 Å². The Morgan fingerprint density at radius 3 is 2.44 bits per heavy atom. The van der Waals surface area contributed by atoms with Crippen molar-refractivity contribution in [1.29, 1.82) is 0 Å². The highest BCUT2D eigenvalue weighted by atomic mass is 32.2. The van der Waals surface area contributed by atoms with Gasteiger partial charge in [-0.2, -0.15) is 0 Å². The number of benzene rings is 4. The van der Waals surface area contributed by atoms with E-state index < -0.39 is 27.5 Å². The molecule has 1 unspecified atom stereocenters. The van der Waals surface area contributed by atoms with E-state index in [-0.39, 0.29) is 33.1 Å². The molecule has 0 spiro atoms. The Hall–Kier alpha value is -4.96. The third kappa shape index (κ3) is 4.93. The largest absolute Gasteiger partial charge is 0.501 e. The lowest BCUT2D eigenvalue weighted by Gasteiger charge is -2.17. The number of nitrogens with zero attached hydrogens (tertiary/aromatic N) is 1. The van der Waals surface area contributed by atoms with Crippen molar-refractivity contribution < 1.29 is 27.4 Å².